The molecule has 0 radical (unpaired) electrons. The molecule has 2 aromatic rings. The maximum Gasteiger partial charge on any atom is 0.227 e. The molecule has 1 aliphatic rings. The summed E-state index contributed by atoms with van der Waals surface area (Å²) in [6, 6.07) is 7.80. The smallest absolute Gasteiger partial charge is 0.227 e. The van der Waals surface area contributed by atoms with Crippen molar-refractivity contribution in [3.63, 3.8) is 0 Å². The normalized spacial score (nSPS) is 13.7. The molecule has 0 atom stereocenters. The molecule has 1 aliphatic carbocycles. The van der Waals surface area contributed by atoms with E-state index in [1.165, 1.54) is 31.1 Å². The Hall–Kier alpha value is -2.30. The minimum absolute atomic E-state index is 0.136. The summed E-state index contributed by atoms with van der Waals surface area (Å²) < 4.78 is 10.8. The Labute approximate surface area is 117 Å². The molecule has 0 aliphatic heterocycles. The Morgan fingerprint density at radius 1 is 1.00 bits per heavy atom. The third-order valence-electron chi connectivity index (χ3n) is 3.45. The number of aryl methyl sites for hydroxylation is 2. The van der Waals surface area contributed by atoms with E-state index in [1.807, 2.05) is 6.07 Å². The number of aromatic nitrogens is 2. The summed E-state index contributed by atoms with van der Waals surface area (Å²) in [5.41, 5.74) is 8.40. The van der Waals surface area contributed by atoms with Crippen LogP contribution in [-0.2, 0) is 12.8 Å². The molecule has 0 fully saturated rings. The van der Waals surface area contributed by atoms with Crippen molar-refractivity contribution in [3.05, 3.63) is 35.4 Å². The number of nitrogen functional groups attached to an aromatic ring is 1. The highest BCUT2D eigenvalue weighted by molar-refractivity contribution is 5.39. The van der Waals surface area contributed by atoms with E-state index in [4.69, 9.17) is 15.2 Å². The van der Waals surface area contributed by atoms with Crippen molar-refractivity contribution in [2.24, 2.45) is 0 Å². The van der Waals surface area contributed by atoms with Gasteiger partial charge in [-0.05, 0) is 48.9 Å². The van der Waals surface area contributed by atoms with Crippen LogP contribution in [0.3, 0.4) is 0 Å². The maximum atomic E-state index is 5.76. The molecule has 5 nitrogen and oxygen atoms in total. The second-order valence-electron chi connectivity index (χ2n) is 4.85. The Kier molecular flexibility index (Phi) is 3.41. The van der Waals surface area contributed by atoms with Gasteiger partial charge in [-0.15, -0.1) is 0 Å². The van der Waals surface area contributed by atoms with Crippen molar-refractivity contribution in [3.8, 4) is 17.5 Å². The molecular weight excluding hydrogens is 254 g/mol. The average Bonchev–Trinajstić information content (AvgIpc) is 2.46. The van der Waals surface area contributed by atoms with Gasteiger partial charge < -0.3 is 15.2 Å². The largest absolute Gasteiger partial charge is 0.481 e. The van der Waals surface area contributed by atoms with Crippen molar-refractivity contribution in [1.29, 1.82) is 0 Å². The lowest BCUT2D eigenvalue weighted by Gasteiger charge is -2.16. The van der Waals surface area contributed by atoms with E-state index in [1.54, 1.807) is 6.07 Å². The molecule has 0 saturated heterocycles. The van der Waals surface area contributed by atoms with E-state index in [2.05, 4.69) is 22.1 Å². The molecule has 0 saturated carbocycles. The fraction of sp³-hybridized carbons (Fsp3) is 0.333. The second-order valence-corrected chi connectivity index (χ2v) is 4.85. The van der Waals surface area contributed by atoms with Crippen molar-refractivity contribution in [1.82, 2.24) is 9.97 Å². The van der Waals surface area contributed by atoms with Crippen LogP contribution in [0.15, 0.2) is 24.3 Å². The third-order valence-corrected chi connectivity index (χ3v) is 3.45. The first-order valence-electron chi connectivity index (χ1n) is 6.73. The molecule has 1 heterocycles. The van der Waals surface area contributed by atoms with Crippen molar-refractivity contribution in [2.45, 2.75) is 25.7 Å². The van der Waals surface area contributed by atoms with Crippen LogP contribution in [0.5, 0.6) is 17.5 Å². The quantitative estimate of drug-likeness (QED) is 0.929. The number of hydrogen-bond acceptors (Lipinski definition) is 5. The lowest BCUT2D eigenvalue weighted by Crippen LogP contribution is -2.03. The van der Waals surface area contributed by atoms with Crippen molar-refractivity contribution in [2.75, 3.05) is 12.8 Å². The average molecular weight is 271 g/mol. The van der Waals surface area contributed by atoms with Gasteiger partial charge in [0, 0.05) is 0 Å². The molecule has 1 aromatic heterocycles. The van der Waals surface area contributed by atoms with E-state index < -0.39 is 0 Å². The SMILES string of the molecule is COc1cc(Oc2ccc3c(c2)CCCC3)nc(N)n1. The van der Waals surface area contributed by atoms with Crippen LogP contribution >= 0.6 is 0 Å². The molecule has 0 unspecified atom stereocenters. The third kappa shape index (κ3) is 2.66. The zero-order valence-electron chi connectivity index (χ0n) is 11.4. The van der Waals surface area contributed by atoms with Crippen LogP contribution in [0.25, 0.3) is 0 Å². The molecule has 20 heavy (non-hydrogen) atoms. The predicted octanol–water partition coefficient (Wildman–Crippen LogP) is 2.74. The summed E-state index contributed by atoms with van der Waals surface area (Å²) in [5, 5.41) is 0. The van der Waals surface area contributed by atoms with Crippen LogP contribution in [0.1, 0.15) is 24.0 Å². The number of benzene rings is 1. The highest BCUT2D eigenvalue weighted by atomic mass is 16.5. The monoisotopic (exact) mass is 271 g/mol. The predicted molar refractivity (Wildman–Crippen MR) is 76.2 cm³/mol. The number of rotatable bonds is 3. The molecule has 1 aromatic carbocycles. The van der Waals surface area contributed by atoms with Gasteiger partial charge in [-0.25, -0.2) is 0 Å². The first-order chi connectivity index (χ1) is 9.74. The van der Waals surface area contributed by atoms with Gasteiger partial charge in [0.05, 0.1) is 13.2 Å². The van der Waals surface area contributed by atoms with E-state index >= 15 is 0 Å². The van der Waals surface area contributed by atoms with E-state index in [9.17, 15) is 0 Å². The zero-order valence-corrected chi connectivity index (χ0v) is 11.4. The van der Waals surface area contributed by atoms with Gasteiger partial charge in [-0.2, -0.15) is 9.97 Å². The summed E-state index contributed by atoms with van der Waals surface area (Å²) in [7, 11) is 1.53. The van der Waals surface area contributed by atoms with E-state index in [0.717, 1.165) is 18.6 Å². The van der Waals surface area contributed by atoms with Crippen molar-refractivity contribution < 1.29 is 9.47 Å². The number of anilines is 1. The first-order valence-corrected chi connectivity index (χ1v) is 6.73. The highest BCUT2D eigenvalue weighted by Crippen LogP contribution is 2.28. The van der Waals surface area contributed by atoms with Gasteiger partial charge in [0.1, 0.15) is 5.75 Å². The fourth-order valence-electron chi connectivity index (χ4n) is 2.47. The van der Waals surface area contributed by atoms with Crippen LogP contribution in [0.4, 0.5) is 5.95 Å². The lowest BCUT2D eigenvalue weighted by atomic mass is 9.92. The molecule has 0 spiro atoms. The Morgan fingerprint density at radius 2 is 1.75 bits per heavy atom. The lowest BCUT2D eigenvalue weighted by molar-refractivity contribution is 0.389. The minimum Gasteiger partial charge on any atom is -0.481 e. The van der Waals surface area contributed by atoms with Gasteiger partial charge in [0.2, 0.25) is 17.7 Å². The summed E-state index contributed by atoms with van der Waals surface area (Å²) in [5.74, 6) is 1.69. The van der Waals surface area contributed by atoms with Crippen LogP contribution in [0.2, 0.25) is 0 Å². The standard InChI is InChI=1S/C15H17N3O2/c1-19-13-9-14(18-15(16)17-13)20-12-7-6-10-4-2-3-5-11(10)8-12/h6-9H,2-5H2,1H3,(H2,16,17,18). The number of methoxy groups -OCH3 is 1. The van der Waals surface area contributed by atoms with Crippen molar-refractivity contribution >= 4 is 5.95 Å². The van der Waals surface area contributed by atoms with Crippen LogP contribution in [0, 0.1) is 0 Å². The Balaban J connectivity index is 1.85. The van der Waals surface area contributed by atoms with Crippen LogP contribution < -0.4 is 15.2 Å². The summed E-state index contributed by atoms with van der Waals surface area (Å²) in [4.78, 5) is 7.98. The maximum absolute atomic E-state index is 5.76. The number of ether oxygens (including phenoxy) is 2. The first kappa shape index (κ1) is 12.7. The fourth-order valence-corrected chi connectivity index (χ4v) is 2.47. The Bertz CT molecular complexity index is 629. The van der Waals surface area contributed by atoms with Gasteiger partial charge in [0.25, 0.3) is 0 Å². The highest BCUT2D eigenvalue weighted by Gasteiger charge is 2.11. The molecule has 3 rings (SSSR count). The van der Waals surface area contributed by atoms with E-state index in [0.29, 0.717) is 11.8 Å². The topological polar surface area (TPSA) is 70.3 Å². The number of fused-ring (bicyclic) bond motifs is 1. The summed E-state index contributed by atoms with van der Waals surface area (Å²) >= 11 is 0. The van der Waals surface area contributed by atoms with Gasteiger partial charge in [-0.3, -0.25) is 0 Å². The summed E-state index contributed by atoms with van der Waals surface area (Å²) in [6.07, 6.45) is 4.78. The molecule has 104 valence electrons. The van der Waals surface area contributed by atoms with Gasteiger partial charge in [0.15, 0.2) is 0 Å². The zero-order chi connectivity index (χ0) is 13.9. The number of nitrogens with zero attached hydrogens (tertiary/aromatic N) is 2. The minimum atomic E-state index is 0.136. The van der Waals surface area contributed by atoms with Crippen LogP contribution in [-0.4, -0.2) is 17.1 Å². The second kappa shape index (κ2) is 5.36. The molecule has 0 bridgehead atoms. The number of hydrogen-bond donors (Lipinski definition) is 1. The number of nitrogens with two attached hydrogens (primary N) is 1. The van der Waals surface area contributed by atoms with Gasteiger partial charge in [-0.1, -0.05) is 6.07 Å². The molecular formula is C15H17N3O2. The van der Waals surface area contributed by atoms with Gasteiger partial charge >= 0.3 is 0 Å². The molecule has 0 amide bonds. The summed E-state index contributed by atoms with van der Waals surface area (Å²) in [6.45, 7) is 0. The molecule has 5 heteroatoms. The Morgan fingerprint density at radius 3 is 2.55 bits per heavy atom. The molecule has 2 N–H and O–H groups in total. The van der Waals surface area contributed by atoms with E-state index in [-0.39, 0.29) is 5.95 Å².